The standard InChI is InChI=1S/C25H24ClN3O9S/c1-25(22(24(35)36)29-18(32)10-19(29)39(25,37)38)12-27-11-17(31)15(9-13-5-3-2-4-6-13)28-23(34)14-7-8-16(30)21(33)20(14)26/h2-8,12,15,19,22,30,33H,9-11H2,1H3,(H,28,34)(H,35,36)/t15-,19+,22-,25-/m0/s1. The van der Waals surface area contributed by atoms with Gasteiger partial charge in [-0.15, -0.1) is 0 Å². The molecule has 2 aromatic rings. The Balaban J connectivity index is 1.58. The Hall–Kier alpha value is -3.97. The average Bonchev–Trinajstić information content (AvgIpc) is 3.02. The summed E-state index contributed by atoms with van der Waals surface area (Å²) >= 11 is 5.98. The number of carboxylic acid groups (broad SMARTS) is 1. The summed E-state index contributed by atoms with van der Waals surface area (Å²) in [7, 11) is -4.15. The first-order valence-corrected chi connectivity index (χ1v) is 13.6. The van der Waals surface area contributed by atoms with Crippen molar-refractivity contribution in [3.63, 3.8) is 0 Å². The fraction of sp³-hybridized carbons (Fsp3) is 0.320. The van der Waals surface area contributed by atoms with Gasteiger partial charge in [0, 0.05) is 6.21 Å². The molecular weight excluding hydrogens is 554 g/mol. The molecule has 0 aliphatic carbocycles. The number of carbonyl (C=O) groups is 4. The van der Waals surface area contributed by atoms with Crippen molar-refractivity contribution in [3.8, 4) is 11.5 Å². The highest BCUT2D eigenvalue weighted by Crippen LogP contribution is 2.45. The Bertz CT molecular complexity index is 1500. The van der Waals surface area contributed by atoms with E-state index in [1.54, 1.807) is 30.3 Å². The number of ketones is 1. The number of carboxylic acids is 1. The number of Topliss-reactive ketones (excluding diaryl/α,β-unsaturated/α-hetero) is 1. The molecule has 0 bridgehead atoms. The van der Waals surface area contributed by atoms with E-state index in [-0.39, 0.29) is 18.4 Å². The second-order valence-corrected chi connectivity index (χ2v) is 12.3. The first-order chi connectivity index (χ1) is 18.3. The summed E-state index contributed by atoms with van der Waals surface area (Å²) in [6.07, 6.45) is 0.580. The zero-order chi connectivity index (χ0) is 28.7. The largest absolute Gasteiger partial charge is 0.504 e. The lowest BCUT2D eigenvalue weighted by Crippen LogP contribution is -2.57. The summed E-state index contributed by atoms with van der Waals surface area (Å²) in [4.78, 5) is 54.7. The minimum Gasteiger partial charge on any atom is -0.504 e. The van der Waals surface area contributed by atoms with E-state index in [1.165, 1.54) is 0 Å². The first kappa shape index (κ1) is 28.0. The third-order valence-corrected chi connectivity index (χ3v) is 9.93. The van der Waals surface area contributed by atoms with Gasteiger partial charge in [0.15, 0.2) is 33.2 Å². The number of β-lactam (4-membered cyclic amide) rings is 1. The molecule has 0 radical (unpaired) electrons. The predicted molar refractivity (Wildman–Crippen MR) is 139 cm³/mol. The van der Waals surface area contributed by atoms with Crippen LogP contribution in [-0.4, -0.2) is 87.2 Å². The van der Waals surface area contributed by atoms with E-state index < -0.39 is 78.7 Å². The van der Waals surface area contributed by atoms with Crippen molar-refractivity contribution in [2.45, 2.75) is 42.0 Å². The number of phenols is 2. The predicted octanol–water partition coefficient (Wildman–Crippen LogP) is 0.931. The SMILES string of the molecule is C[C@]1(C=NCC(=O)[C@H](Cc2ccccc2)NC(=O)c2ccc(O)c(O)c2Cl)[C@H](C(=O)O)N2C(=O)C[C@H]2S1(=O)=O. The number of phenolic OH excluding ortho intramolecular Hbond substituents is 2. The van der Waals surface area contributed by atoms with Crippen LogP contribution in [0.2, 0.25) is 5.02 Å². The lowest BCUT2D eigenvalue weighted by molar-refractivity contribution is -0.156. The number of aromatic hydroxyl groups is 2. The number of aliphatic imine (C=N–C) groups is 1. The Morgan fingerprint density at radius 2 is 1.87 bits per heavy atom. The molecule has 2 amide bonds. The van der Waals surface area contributed by atoms with Gasteiger partial charge in [-0.1, -0.05) is 41.9 Å². The van der Waals surface area contributed by atoms with Crippen molar-refractivity contribution in [3.05, 3.63) is 58.6 Å². The van der Waals surface area contributed by atoms with Gasteiger partial charge >= 0.3 is 5.97 Å². The molecule has 4 rings (SSSR count). The minimum absolute atomic E-state index is 0.0281. The van der Waals surface area contributed by atoms with Gasteiger partial charge in [-0.25, -0.2) is 13.2 Å². The monoisotopic (exact) mass is 577 g/mol. The summed E-state index contributed by atoms with van der Waals surface area (Å²) < 4.78 is 24.0. The maximum atomic E-state index is 13.2. The highest BCUT2D eigenvalue weighted by molar-refractivity contribution is 7.94. The number of nitrogens with one attached hydrogen (secondary N) is 1. The van der Waals surface area contributed by atoms with Crippen LogP contribution < -0.4 is 5.32 Å². The van der Waals surface area contributed by atoms with Crippen molar-refractivity contribution in [1.82, 2.24) is 10.2 Å². The highest BCUT2D eigenvalue weighted by atomic mass is 35.5. The summed E-state index contributed by atoms with van der Waals surface area (Å²) in [6.45, 7) is 0.533. The molecule has 0 spiro atoms. The number of benzene rings is 2. The van der Waals surface area contributed by atoms with Crippen LogP contribution in [0.3, 0.4) is 0 Å². The number of amides is 2. The maximum absolute atomic E-state index is 13.2. The molecule has 14 heteroatoms. The number of fused-ring (bicyclic) bond motifs is 1. The van der Waals surface area contributed by atoms with Crippen LogP contribution in [0.5, 0.6) is 11.5 Å². The zero-order valence-electron chi connectivity index (χ0n) is 20.4. The van der Waals surface area contributed by atoms with Gasteiger partial charge in [0.05, 0.1) is 29.6 Å². The fourth-order valence-electron chi connectivity index (χ4n) is 4.69. The van der Waals surface area contributed by atoms with Crippen LogP contribution in [0.1, 0.15) is 29.3 Å². The third-order valence-electron chi connectivity index (χ3n) is 6.88. The smallest absolute Gasteiger partial charge is 0.328 e. The van der Waals surface area contributed by atoms with Gasteiger partial charge in [0.25, 0.3) is 5.91 Å². The van der Waals surface area contributed by atoms with Crippen molar-refractivity contribution in [2.75, 3.05) is 6.54 Å². The number of rotatable bonds is 9. The van der Waals surface area contributed by atoms with Crippen molar-refractivity contribution >= 4 is 51.2 Å². The normalized spacial score (nSPS) is 24.2. The second-order valence-electron chi connectivity index (χ2n) is 9.38. The minimum atomic E-state index is -4.15. The van der Waals surface area contributed by atoms with E-state index in [0.29, 0.717) is 5.56 Å². The molecule has 4 N–H and O–H groups in total. The Morgan fingerprint density at radius 1 is 1.21 bits per heavy atom. The summed E-state index contributed by atoms with van der Waals surface area (Å²) in [5.41, 5.74) is 0.475. The lowest BCUT2D eigenvalue weighted by Gasteiger charge is -2.35. The number of sulfone groups is 1. The molecule has 2 aliphatic heterocycles. The molecule has 0 unspecified atom stereocenters. The highest BCUT2D eigenvalue weighted by Gasteiger charge is 2.69. The number of nitrogens with zero attached hydrogens (tertiary/aromatic N) is 2. The summed E-state index contributed by atoms with van der Waals surface area (Å²) in [5.74, 6) is -4.82. The van der Waals surface area contributed by atoms with Gasteiger partial charge < -0.3 is 25.5 Å². The number of halogens is 1. The fourth-order valence-corrected chi connectivity index (χ4v) is 7.17. The van der Waals surface area contributed by atoms with Crippen LogP contribution in [0.25, 0.3) is 0 Å². The van der Waals surface area contributed by atoms with Crippen molar-refractivity contribution in [1.29, 1.82) is 0 Å². The zero-order valence-corrected chi connectivity index (χ0v) is 22.0. The van der Waals surface area contributed by atoms with Crippen molar-refractivity contribution in [2.24, 2.45) is 4.99 Å². The van der Waals surface area contributed by atoms with E-state index in [1.807, 2.05) is 0 Å². The lowest BCUT2D eigenvalue weighted by atomic mass is 9.97. The molecule has 2 aliphatic rings. The molecule has 0 aromatic heterocycles. The van der Waals surface area contributed by atoms with Crippen LogP contribution in [0.4, 0.5) is 0 Å². The summed E-state index contributed by atoms with van der Waals surface area (Å²) in [6, 6.07) is 8.02. The van der Waals surface area contributed by atoms with E-state index in [9.17, 15) is 42.9 Å². The van der Waals surface area contributed by atoms with Crippen LogP contribution in [0, 0.1) is 0 Å². The van der Waals surface area contributed by atoms with Crippen molar-refractivity contribution < 1.29 is 42.9 Å². The molecule has 2 heterocycles. The Labute approximate surface area is 227 Å². The molecular formula is C25H24ClN3O9S. The number of aliphatic carboxylic acids is 1. The molecule has 2 fully saturated rings. The van der Waals surface area contributed by atoms with E-state index in [0.717, 1.165) is 30.2 Å². The number of carbonyl (C=O) groups excluding carboxylic acids is 3. The van der Waals surface area contributed by atoms with Crippen LogP contribution >= 0.6 is 11.6 Å². The van der Waals surface area contributed by atoms with E-state index in [4.69, 9.17) is 11.6 Å². The number of hydrogen-bond donors (Lipinski definition) is 4. The van der Waals surface area contributed by atoms with Gasteiger partial charge in [-0.05, 0) is 31.0 Å². The first-order valence-electron chi connectivity index (χ1n) is 11.7. The molecule has 2 aromatic carbocycles. The third kappa shape index (κ3) is 4.83. The topological polar surface area (TPSA) is 191 Å². The maximum Gasteiger partial charge on any atom is 0.328 e. The molecule has 0 saturated carbocycles. The molecule has 4 atom stereocenters. The van der Waals surface area contributed by atoms with Gasteiger partial charge in [0.1, 0.15) is 10.1 Å². The van der Waals surface area contributed by atoms with Gasteiger partial charge in [0.2, 0.25) is 5.91 Å². The average molecular weight is 578 g/mol. The Kier molecular flexibility index (Phi) is 7.41. The second kappa shape index (κ2) is 10.3. The molecule has 39 heavy (non-hydrogen) atoms. The van der Waals surface area contributed by atoms with Crippen LogP contribution in [0.15, 0.2) is 47.5 Å². The van der Waals surface area contributed by atoms with Crippen LogP contribution in [-0.2, 0) is 30.6 Å². The van der Waals surface area contributed by atoms with Gasteiger partial charge in [-0.3, -0.25) is 19.4 Å². The van der Waals surface area contributed by atoms with Gasteiger partial charge in [-0.2, -0.15) is 0 Å². The Morgan fingerprint density at radius 3 is 2.49 bits per heavy atom. The number of hydrogen-bond acceptors (Lipinski definition) is 9. The quantitative estimate of drug-likeness (QED) is 0.191. The van der Waals surface area contributed by atoms with E-state index >= 15 is 0 Å². The molecule has 206 valence electrons. The molecule has 12 nitrogen and oxygen atoms in total. The van der Waals surface area contributed by atoms with E-state index in [2.05, 4.69) is 10.3 Å². The summed E-state index contributed by atoms with van der Waals surface area (Å²) in [5, 5.41) is 29.9. The molecule has 2 saturated heterocycles.